The summed E-state index contributed by atoms with van der Waals surface area (Å²) < 4.78 is 4.45. The van der Waals surface area contributed by atoms with Crippen LogP contribution in [-0.4, -0.2) is 53.2 Å². The van der Waals surface area contributed by atoms with E-state index in [9.17, 15) is 14.4 Å². The number of ether oxygens (including phenoxy) is 1. The number of piperidine rings is 1. The smallest absolute Gasteiger partial charge is 0.407 e. The van der Waals surface area contributed by atoms with E-state index in [1.54, 1.807) is 0 Å². The zero-order chi connectivity index (χ0) is 13.3. The summed E-state index contributed by atoms with van der Waals surface area (Å²) in [5.41, 5.74) is 0. The van der Waals surface area contributed by atoms with Gasteiger partial charge in [-0.2, -0.15) is 0 Å². The van der Waals surface area contributed by atoms with Crippen LogP contribution in [0.1, 0.15) is 25.7 Å². The molecule has 7 nitrogen and oxygen atoms in total. The van der Waals surface area contributed by atoms with Gasteiger partial charge in [0.05, 0.1) is 7.11 Å². The van der Waals surface area contributed by atoms with Gasteiger partial charge in [0, 0.05) is 6.04 Å². The molecule has 2 rings (SSSR count). The second-order valence-electron chi connectivity index (χ2n) is 4.60. The fourth-order valence-corrected chi connectivity index (χ4v) is 2.74. The summed E-state index contributed by atoms with van der Waals surface area (Å²) in [6.07, 6.45) is 1.77. The van der Waals surface area contributed by atoms with Crippen molar-refractivity contribution in [3.05, 3.63) is 0 Å². The maximum absolute atomic E-state index is 12.2. The summed E-state index contributed by atoms with van der Waals surface area (Å²) >= 11 is 0. The van der Waals surface area contributed by atoms with Gasteiger partial charge in [0.25, 0.3) is 0 Å². The molecule has 0 bridgehead atoms. The molecule has 2 aliphatic heterocycles. The second kappa shape index (κ2) is 4.83. The van der Waals surface area contributed by atoms with Gasteiger partial charge in [-0.1, -0.05) is 0 Å². The third kappa shape index (κ3) is 2.12. The summed E-state index contributed by atoms with van der Waals surface area (Å²) in [6, 6.07) is -1.44. The molecule has 2 heterocycles. The van der Waals surface area contributed by atoms with Crippen LogP contribution in [0.3, 0.4) is 0 Å². The molecule has 0 aromatic carbocycles. The number of hydrogen-bond donors (Lipinski definition) is 2. The van der Waals surface area contributed by atoms with Crippen LogP contribution < -0.4 is 5.32 Å². The highest BCUT2D eigenvalue weighted by molar-refractivity contribution is 5.90. The fourth-order valence-electron chi connectivity index (χ4n) is 2.74. The van der Waals surface area contributed by atoms with Crippen molar-refractivity contribution in [1.82, 2.24) is 10.2 Å². The first kappa shape index (κ1) is 12.7. The van der Waals surface area contributed by atoms with Crippen LogP contribution in [0.2, 0.25) is 0 Å². The lowest BCUT2D eigenvalue weighted by Gasteiger charge is -2.36. The number of carboxylic acid groups (broad SMARTS) is 1. The standard InChI is InChI=1S/C11H16N2O5/c1-18-11(17)12-7-4-2-6-3-5-8(10(15)16)13(6)9(7)14/h6-8H,2-5H2,1H3,(H,12,17)(H,15,16)/t6-,7+,8+/m1/s1. The second-order valence-corrected chi connectivity index (χ2v) is 4.60. The molecule has 7 heteroatoms. The predicted molar refractivity (Wildman–Crippen MR) is 59.9 cm³/mol. The maximum Gasteiger partial charge on any atom is 0.407 e. The van der Waals surface area contributed by atoms with Crippen LogP contribution in [0.5, 0.6) is 0 Å². The molecule has 2 fully saturated rings. The molecule has 0 spiro atoms. The van der Waals surface area contributed by atoms with Gasteiger partial charge < -0.3 is 20.1 Å². The molecule has 2 saturated heterocycles. The molecule has 0 aromatic heterocycles. The topological polar surface area (TPSA) is 95.9 Å². The van der Waals surface area contributed by atoms with E-state index in [0.29, 0.717) is 25.7 Å². The van der Waals surface area contributed by atoms with Gasteiger partial charge in [0.15, 0.2) is 0 Å². The minimum absolute atomic E-state index is 0.00528. The fraction of sp³-hybridized carbons (Fsp3) is 0.727. The minimum atomic E-state index is -0.982. The van der Waals surface area contributed by atoms with E-state index >= 15 is 0 Å². The van der Waals surface area contributed by atoms with Crippen molar-refractivity contribution in [2.45, 2.75) is 43.8 Å². The summed E-state index contributed by atoms with van der Waals surface area (Å²) in [5.74, 6) is -1.30. The van der Waals surface area contributed by atoms with Gasteiger partial charge in [-0.15, -0.1) is 0 Å². The molecule has 2 N–H and O–H groups in total. The molecule has 3 atom stereocenters. The largest absolute Gasteiger partial charge is 0.480 e. The Balaban J connectivity index is 2.09. The number of rotatable bonds is 2. The van der Waals surface area contributed by atoms with E-state index in [0.717, 1.165) is 0 Å². The number of carboxylic acids is 1. The van der Waals surface area contributed by atoms with E-state index < -0.39 is 24.1 Å². The highest BCUT2D eigenvalue weighted by Gasteiger charge is 2.46. The van der Waals surface area contributed by atoms with Crippen LogP contribution in [0.4, 0.5) is 4.79 Å². The molecular formula is C11H16N2O5. The Hall–Kier alpha value is -1.79. The van der Waals surface area contributed by atoms with Gasteiger partial charge in [-0.3, -0.25) is 4.79 Å². The van der Waals surface area contributed by atoms with Crippen molar-refractivity contribution in [2.24, 2.45) is 0 Å². The number of amides is 2. The Bertz CT molecular complexity index is 384. The number of hydrogen-bond acceptors (Lipinski definition) is 4. The van der Waals surface area contributed by atoms with Crippen molar-refractivity contribution in [2.75, 3.05) is 7.11 Å². The summed E-state index contributed by atoms with van der Waals surface area (Å²) in [5, 5.41) is 11.5. The first-order valence-corrected chi connectivity index (χ1v) is 5.94. The first-order valence-electron chi connectivity index (χ1n) is 5.94. The van der Waals surface area contributed by atoms with Crippen molar-refractivity contribution in [3.8, 4) is 0 Å². The summed E-state index contributed by atoms with van der Waals surface area (Å²) in [7, 11) is 1.22. The van der Waals surface area contributed by atoms with Gasteiger partial charge in [-0.25, -0.2) is 9.59 Å². The average molecular weight is 256 g/mol. The Morgan fingerprint density at radius 1 is 1.33 bits per heavy atom. The van der Waals surface area contributed by atoms with Crippen LogP contribution >= 0.6 is 0 Å². The molecule has 18 heavy (non-hydrogen) atoms. The average Bonchev–Trinajstić information content (AvgIpc) is 2.77. The van der Waals surface area contributed by atoms with Crippen molar-refractivity contribution < 1.29 is 24.2 Å². The third-order valence-electron chi connectivity index (χ3n) is 3.61. The van der Waals surface area contributed by atoms with E-state index in [4.69, 9.17) is 5.11 Å². The molecule has 0 saturated carbocycles. The number of alkyl carbamates (subject to hydrolysis) is 1. The lowest BCUT2D eigenvalue weighted by atomic mass is 9.98. The van der Waals surface area contributed by atoms with Crippen molar-refractivity contribution in [3.63, 3.8) is 0 Å². The lowest BCUT2D eigenvalue weighted by Crippen LogP contribution is -2.57. The number of carbonyl (C=O) groups excluding carboxylic acids is 2. The maximum atomic E-state index is 12.2. The normalized spacial score (nSPS) is 30.8. The first-order chi connectivity index (χ1) is 8.54. The van der Waals surface area contributed by atoms with Crippen LogP contribution in [0.15, 0.2) is 0 Å². The highest BCUT2D eigenvalue weighted by Crippen LogP contribution is 2.32. The van der Waals surface area contributed by atoms with Gasteiger partial charge in [0.2, 0.25) is 5.91 Å². The number of nitrogens with zero attached hydrogens (tertiary/aromatic N) is 1. The minimum Gasteiger partial charge on any atom is -0.480 e. The number of aliphatic carboxylic acids is 1. The zero-order valence-electron chi connectivity index (χ0n) is 10.1. The Kier molecular flexibility index (Phi) is 3.40. The Morgan fingerprint density at radius 3 is 2.61 bits per heavy atom. The van der Waals surface area contributed by atoms with E-state index in [1.165, 1.54) is 12.0 Å². The molecule has 100 valence electrons. The number of fused-ring (bicyclic) bond motifs is 1. The third-order valence-corrected chi connectivity index (χ3v) is 3.61. The Morgan fingerprint density at radius 2 is 2.00 bits per heavy atom. The van der Waals surface area contributed by atoms with E-state index in [1.807, 2.05) is 0 Å². The molecule has 0 radical (unpaired) electrons. The molecule has 2 aliphatic rings. The van der Waals surface area contributed by atoms with E-state index in [2.05, 4.69) is 10.1 Å². The number of methoxy groups -OCH3 is 1. The highest BCUT2D eigenvalue weighted by atomic mass is 16.5. The van der Waals surface area contributed by atoms with Gasteiger partial charge >= 0.3 is 12.1 Å². The van der Waals surface area contributed by atoms with Crippen LogP contribution in [0, 0.1) is 0 Å². The van der Waals surface area contributed by atoms with E-state index in [-0.39, 0.29) is 11.9 Å². The van der Waals surface area contributed by atoms with Crippen molar-refractivity contribution in [1.29, 1.82) is 0 Å². The summed E-state index contributed by atoms with van der Waals surface area (Å²) in [6.45, 7) is 0. The van der Waals surface area contributed by atoms with Crippen LogP contribution in [-0.2, 0) is 14.3 Å². The number of nitrogens with one attached hydrogen (secondary N) is 1. The SMILES string of the molecule is COC(=O)N[C@H]1CC[C@@H]2CC[C@@H](C(=O)O)N2C1=O. The Labute approximate surface area is 104 Å². The molecule has 0 aromatic rings. The molecule has 2 amide bonds. The number of carbonyl (C=O) groups is 3. The molecule has 0 unspecified atom stereocenters. The lowest BCUT2D eigenvalue weighted by molar-refractivity contribution is -0.152. The summed E-state index contributed by atoms with van der Waals surface area (Å²) in [4.78, 5) is 35.8. The van der Waals surface area contributed by atoms with Gasteiger partial charge in [-0.05, 0) is 25.7 Å². The predicted octanol–water partition coefficient (Wildman–Crippen LogP) is -0.0510. The van der Waals surface area contributed by atoms with Crippen molar-refractivity contribution >= 4 is 18.0 Å². The van der Waals surface area contributed by atoms with Gasteiger partial charge in [0.1, 0.15) is 12.1 Å². The molecular weight excluding hydrogens is 240 g/mol. The zero-order valence-corrected chi connectivity index (χ0v) is 10.1. The quantitative estimate of drug-likeness (QED) is 0.722. The van der Waals surface area contributed by atoms with Crippen LogP contribution in [0.25, 0.3) is 0 Å². The monoisotopic (exact) mass is 256 g/mol. The molecule has 0 aliphatic carbocycles.